The Morgan fingerprint density at radius 2 is 2.13 bits per heavy atom. The summed E-state index contributed by atoms with van der Waals surface area (Å²) in [7, 11) is 3.26. The summed E-state index contributed by atoms with van der Waals surface area (Å²) in [6, 6.07) is 11.2. The van der Waals surface area contributed by atoms with Crippen molar-refractivity contribution in [2.24, 2.45) is 13.0 Å². The number of nitrogens with zero attached hydrogens (tertiary/aromatic N) is 4. The number of hydrogen-bond donors (Lipinski definition) is 0. The summed E-state index contributed by atoms with van der Waals surface area (Å²) < 4.78 is 6.53. The Morgan fingerprint density at radius 3 is 2.87 bits per heavy atom. The van der Waals surface area contributed by atoms with E-state index in [1.165, 1.54) is 22.4 Å². The highest BCUT2D eigenvalue weighted by molar-refractivity contribution is 5.92. The van der Waals surface area contributed by atoms with Gasteiger partial charge in [-0.05, 0) is 62.4 Å². The van der Waals surface area contributed by atoms with Gasteiger partial charge in [-0.1, -0.05) is 12.1 Å². The summed E-state index contributed by atoms with van der Waals surface area (Å²) in [5.41, 5.74) is 1.39. The monoisotopic (exact) mass is 412 g/mol. The Labute approximate surface area is 178 Å². The van der Waals surface area contributed by atoms with E-state index >= 15 is 0 Å². The molecule has 30 heavy (non-hydrogen) atoms. The molecule has 0 radical (unpaired) electrons. The second-order valence-corrected chi connectivity index (χ2v) is 7.93. The fourth-order valence-corrected chi connectivity index (χ4v) is 4.06. The van der Waals surface area contributed by atoms with Crippen LogP contribution in [0.4, 0.5) is 0 Å². The number of carbonyl (C=O) groups is 1. The average molecular weight is 413 g/mol. The van der Waals surface area contributed by atoms with E-state index in [9.17, 15) is 9.59 Å². The smallest absolute Gasteiger partial charge is 0.274 e. The first-order valence-corrected chi connectivity index (χ1v) is 10.7. The normalized spacial score (nSPS) is 17.0. The second kappa shape index (κ2) is 10.4. The molecule has 3 rings (SSSR count). The number of aryl methyl sites for hydroxylation is 1. The van der Waals surface area contributed by atoms with Crippen LogP contribution in [0.15, 0.2) is 41.2 Å². The van der Waals surface area contributed by atoms with Crippen LogP contribution in [-0.4, -0.2) is 65.3 Å². The zero-order valence-electron chi connectivity index (χ0n) is 18.2. The Hall–Kier alpha value is -2.67. The number of methoxy groups -OCH3 is 1. The lowest BCUT2D eigenvalue weighted by atomic mass is 9.96. The molecule has 1 saturated heterocycles. The highest BCUT2D eigenvalue weighted by atomic mass is 16.5. The van der Waals surface area contributed by atoms with Crippen LogP contribution in [0.1, 0.15) is 35.8 Å². The van der Waals surface area contributed by atoms with Crippen LogP contribution in [0.25, 0.3) is 0 Å². The number of hydrogen-bond acceptors (Lipinski definition) is 5. The van der Waals surface area contributed by atoms with Gasteiger partial charge in [0.2, 0.25) is 0 Å². The lowest BCUT2D eigenvalue weighted by Gasteiger charge is -2.35. The van der Waals surface area contributed by atoms with Gasteiger partial charge in [0.15, 0.2) is 0 Å². The predicted molar refractivity (Wildman–Crippen MR) is 117 cm³/mol. The molecule has 0 N–H and O–H groups in total. The molecule has 1 aliphatic heterocycles. The van der Waals surface area contributed by atoms with E-state index in [0.29, 0.717) is 18.2 Å². The van der Waals surface area contributed by atoms with Gasteiger partial charge in [0.1, 0.15) is 11.4 Å². The first kappa shape index (κ1) is 22.0. The van der Waals surface area contributed by atoms with E-state index in [1.54, 1.807) is 14.2 Å². The van der Waals surface area contributed by atoms with Crippen molar-refractivity contribution in [3.63, 3.8) is 0 Å². The van der Waals surface area contributed by atoms with Crippen molar-refractivity contribution in [1.82, 2.24) is 19.6 Å². The Morgan fingerprint density at radius 1 is 1.30 bits per heavy atom. The maximum atomic E-state index is 12.9. The quantitative estimate of drug-likeness (QED) is 0.665. The van der Waals surface area contributed by atoms with Crippen molar-refractivity contribution >= 4 is 5.91 Å². The lowest BCUT2D eigenvalue weighted by Crippen LogP contribution is -2.43. The van der Waals surface area contributed by atoms with Gasteiger partial charge in [0, 0.05) is 39.3 Å². The number of amides is 1. The first-order chi connectivity index (χ1) is 14.5. The summed E-state index contributed by atoms with van der Waals surface area (Å²) in [5.74, 6) is 1.23. The Kier molecular flexibility index (Phi) is 7.63. The van der Waals surface area contributed by atoms with Gasteiger partial charge in [-0.15, -0.1) is 0 Å². The highest BCUT2D eigenvalue weighted by Gasteiger charge is 2.25. The van der Waals surface area contributed by atoms with E-state index in [-0.39, 0.29) is 11.5 Å². The van der Waals surface area contributed by atoms with Crippen molar-refractivity contribution in [2.75, 3.05) is 39.8 Å². The number of likely N-dealkylation sites (tertiary alicyclic amines) is 1. The fraction of sp³-hybridized carbons (Fsp3) is 0.522. The lowest BCUT2D eigenvalue weighted by molar-refractivity contribution is 0.0682. The summed E-state index contributed by atoms with van der Waals surface area (Å²) in [5, 5.41) is 4.12. The van der Waals surface area contributed by atoms with Crippen LogP contribution >= 0.6 is 0 Å². The van der Waals surface area contributed by atoms with E-state index in [2.05, 4.69) is 22.1 Å². The molecular formula is C23H32N4O3. The van der Waals surface area contributed by atoms with Crippen LogP contribution < -0.4 is 10.3 Å². The SMILES string of the molecule is CCN(C[C@H]1CCCN(CCc2cccc(OC)c2)C1)C(=O)c1ccc(=O)n(C)n1. The molecule has 2 heterocycles. The molecule has 0 aliphatic carbocycles. The van der Waals surface area contributed by atoms with E-state index < -0.39 is 0 Å². The van der Waals surface area contributed by atoms with Gasteiger partial charge in [0.05, 0.1) is 7.11 Å². The van der Waals surface area contributed by atoms with Crippen molar-refractivity contribution in [3.8, 4) is 5.75 Å². The molecule has 1 aromatic heterocycles. The van der Waals surface area contributed by atoms with Crippen molar-refractivity contribution in [3.05, 3.63) is 58.0 Å². The number of ether oxygens (including phenoxy) is 1. The maximum Gasteiger partial charge on any atom is 0.274 e. The van der Waals surface area contributed by atoms with Crippen LogP contribution in [0.3, 0.4) is 0 Å². The predicted octanol–water partition coefficient (Wildman–Crippen LogP) is 2.21. The zero-order valence-corrected chi connectivity index (χ0v) is 18.2. The van der Waals surface area contributed by atoms with Gasteiger partial charge >= 0.3 is 0 Å². The number of benzene rings is 1. The largest absolute Gasteiger partial charge is 0.497 e. The molecule has 0 saturated carbocycles. The van der Waals surface area contributed by atoms with E-state index in [1.807, 2.05) is 24.0 Å². The molecule has 1 aliphatic rings. The molecule has 2 aromatic rings. The van der Waals surface area contributed by atoms with Gasteiger partial charge in [0.25, 0.3) is 11.5 Å². The summed E-state index contributed by atoms with van der Waals surface area (Å²) in [6.07, 6.45) is 3.26. The molecule has 7 nitrogen and oxygen atoms in total. The summed E-state index contributed by atoms with van der Waals surface area (Å²) in [4.78, 5) is 28.8. The van der Waals surface area contributed by atoms with Crippen LogP contribution in [0.5, 0.6) is 5.75 Å². The third-order valence-corrected chi connectivity index (χ3v) is 5.78. The minimum absolute atomic E-state index is 0.110. The molecule has 1 fully saturated rings. The second-order valence-electron chi connectivity index (χ2n) is 7.93. The Balaban J connectivity index is 1.56. The van der Waals surface area contributed by atoms with Gasteiger partial charge < -0.3 is 14.5 Å². The molecule has 1 atom stereocenters. The van der Waals surface area contributed by atoms with Crippen molar-refractivity contribution < 1.29 is 9.53 Å². The third-order valence-electron chi connectivity index (χ3n) is 5.78. The van der Waals surface area contributed by atoms with E-state index in [0.717, 1.165) is 51.2 Å². The minimum Gasteiger partial charge on any atom is -0.497 e. The van der Waals surface area contributed by atoms with Gasteiger partial charge in [-0.2, -0.15) is 5.10 Å². The number of carbonyl (C=O) groups excluding carboxylic acids is 1. The fourth-order valence-electron chi connectivity index (χ4n) is 4.06. The average Bonchev–Trinajstić information content (AvgIpc) is 2.78. The molecule has 7 heteroatoms. The van der Waals surface area contributed by atoms with Crippen molar-refractivity contribution in [2.45, 2.75) is 26.2 Å². The zero-order chi connectivity index (χ0) is 21.5. The van der Waals surface area contributed by atoms with E-state index in [4.69, 9.17) is 4.74 Å². The molecular weight excluding hydrogens is 380 g/mol. The summed E-state index contributed by atoms with van der Waals surface area (Å²) >= 11 is 0. The molecule has 0 unspecified atom stereocenters. The van der Waals surface area contributed by atoms with Crippen LogP contribution in [-0.2, 0) is 13.5 Å². The minimum atomic E-state index is -0.214. The molecule has 1 amide bonds. The Bertz CT molecular complexity index is 911. The highest BCUT2D eigenvalue weighted by Crippen LogP contribution is 2.20. The molecule has 0 spiro atoms. The molecule has 162 valence electrons. The number of rotatable bonds is 8. The summed E-state index contributed by atoms with van der Waals surface area (Å²) in [6.45, 7) is 6.44. The third kappa shape index (κ3) is 5.69. The number of aromatic nitrogens is 2. The van der Waals surface area contributed by atoms with Crippen molar-refractivity contribution in [1.29, 1.82) is 0 Å². The number of piperidine rings is 1. The standard InChI is InChI=1S/C23H32N4O3/c1-4-27(23(29)21-10-11-22(28)25(2)24-21)17-19-8-6-13-26(16-19)14-12-18-7-5-9-20(15-18)30-3/h5,7,9-11,15,19H,4,6,8,12-14,16-17H2,1-3H3/t19-/m0/s1. The van der Waals surface area contributed by atoms with Crippen LogP contribution in [0.2, 0.25) is 0 Å². The maximum absolute atomic E-state index is 12.9. The first-order valence-electron chi connectivity index (χ1n) is 10.7. The van der Waals surface area contributed by atoms with Gasteiger partial charge in [-0.3, -0.25) is 9.59 Å². The topological polar surface area (TPSA) is 67.7 Å². The van der Waals surface area contributed by atoms with Gasteiger partial charge in [-0.25, -0.2) is 4.68 Å². The molecule has 0 bridgehead atoms. The van der Waals surface area contributed by atoms with Crippen LogP contribution in [0, 0.1) is 5.92 Å². The molecule has 1 aromatic carbocycles.